The van der Waals surface area contributed by atoms with E-state index in [9.17, 15) is 9.18 Å². The van der Waals surface area contributed by atoms with Gasteiger partial charge in [0.1, 0.15) is 11.5 Å². The van der Waals surface area contributed by atoms with Crippen LogP contribution < -0.4 is 5.43 Å². The summed E-state index contributed by atoms with van der Waals surface area (Å²) in [5, 5.41) is 7.17. The van der Waals surface area contributed by atoms with E-state index in [2.05, 4.69) is 20.5 Å². The van der Waals surface area contributed by atoms with Gasteiger partial charge in [0.15, 0.2) is 5.71 Å². The standard InChI is InChI=1S/C10H8FN3O2/c1-6-9(10(15)16-14-6)13-12-8-5-3-2-4-7(8)11/h2-5,12H,1H3/b13-9-. The maximum atomic E-state index is 13.2. The van der Waals surface area contributed by atoms with E-state index in [1.165, 1.54) is 12.1 Å². The number of halogens is 1. The second-order valence-electron chi connectivity index (χ2n) is 3.11. The summed E-state index contributed by atoms with van der Waals surface area (Å²) < 4.78 is 13.2. The Morgan fingerprint density at radius 2 is 2.19 bits per heavy atom. The highest BCUT2D eigenvalue weighted by molar-refractivity contribution is 6.66. The third kappa shape index (κ3) is 1.90. The predicted molar refractivity (Wildman–Crippen MR) is 56.7 cm³/mol. The number of nitrogens with one attached hydrogen (secondary N) is 1. The minimum atomic E-state index is -0.652. The molecule has 0 aromatic heterocycles. The number of hydrogen-bond donors (Lipinski definition) is 1. The van der Waals surface area contributed by atoms with Gasteiger partial charge in [-0.05, 0) is 19.1 Å². The van der Waals surface area contributed by atoms with Gasteiger partial charge in [-0.1, -0.05) is 17.3 Å². The molecule has 0 aliphatic carbocycles. The SMILES string of the molecule is CC1=NOC(=O)/C1=N\Nc1ccccc1F. The van der Waals surface area contributed by atoms with Crippen LogP contribution in [0.15, 0.2) is 34.5 Å². The van der Waals surface area contributed by atoms with Gasteiger partial charge in [0.05, 0.1) is 5.69 Å². The maximum Gasteiger partial charge on any atom is 0.387 e. The lowest BCUT2D eigenvalue weighted by Crippen LogP contribution is -2.17. The Kier molecular flexibility index (Phi) is 2.63. The summed E-state index contributed by atoms with van der Waals surface area (Å²) in [6.07, 6.45) is 0. The van der Waals surface area contributed by atoms with Crippen LogP contribution in [0, 0.1) is 5.82 Å². The largest absolute Gasteiger partial charge is 0.387 e. The molecule has 0 spiro atoms. The van der Waals surface area contributed by atoms with E-state index in [1.807, 2.05) is 0 Å². The zero-order valence-corrected chi connectivity index (χ0v) is 8.40. The summed E-state index contributed by atoms with van der Waals surface area (Å²) in [6.45, 7) is 1.58. The normalized spacial score (nSPS) is 17.2. The molecular weight excluding hydrogens is 213 g/mol. The first-order chi connectivity index (χ1) is 7.68. The van der Waals surface area contributed by atoms with Crippen molar-refractivity contribution in [3.63, 3.8) is 0 Å². The number of carbonyl (C=O) groups is 1. The molecule has 0 saturated carbocycles. The average molecular weight is 221 g/mol. The Balaban J connectivity index is 2.18. The first kappa shape index (κ1) is 10.3. The second kappa shape index (κ2) is 4.09. The minimum Gasteiger partial charge on any atom is -0.311 e. The molecular formula is C10H8FN3O2. The molecule has 82 valence electrons. The number of hydrogen-bond acceptors (Lipinski definition) is 5. The fourth-order valence-corrected chi connectivity index (χ4v) is 1.14. The average Bonchev–Trinajstić information content (AvgIpc) is 2.58. The molecule has 6 heteroatoms. The molecule has 5 nitrogen and oxygen atoms in total. The minimum absolute atomic E-state index is 0.0447. The summed E-state index contributed by atoms with van der Waals surface area (Å²) in [6, 6.07) is 6.01. The smallest absolute Gasteiger partial charge is 0.311 e. The highest BCUT2D eigenvalue weighted by Crippen LogP contribution is 2.12. The maximum absolute atomic E-state index is 13.2. The Morgan fingerprint density at radius 1 is 1.44 bits per heavy atom. The summed E-state index contributed by atoms with van der Waals surface area (Å²) >= 11 is 0. The van der Waals surface area contributed by atoms with Gasteiger partial charge in [-0.2, -0.15) is 5.10 Å². The zero-order valence-electron chi connectivity index (χ0n) is 8.40. The molecule has 0 bridgehead atoms. The van der Waals surface area contributed by atoms with E-state index < -0.39 is 11.8 Å². The van der Waals surface area contributed by atoms with E-state index in [-0.39, 0.29) is 11.4 Å². The third-order valence-electron chi connectivity index (χ3n) is 1.96. The number of nitrogens with zero attached hydrogens (tertiary/aromatic N) is 2. The molecule has 1 N–H and O–H groups in total. The molecule has 1 aromatic carbocycles. The van der Waals surface area contributed by atoms with Crippen molar-refractivity contribution in [1.29, 1.82) is 0 Å². The quantitative estimate of drug-likeness (QED) is 0.608. The van der Waals surface area contributed by atoms with Crippen molar-refractivity contribution >= 4 is 23.1 Å². The molecule has 0 fully saturated rings. The van der Waals surface area contributed by atoms with E-state index >= 15 is 0 Å². The van der Waals surface area contributed by atoms with Crippen molar-refractivity contribution < 1.29 is 14.0 Å². The Labute approximate surface area is 90.6 Å². The Bertz CT molecular complexity index is 497. The molecule has 0 unspecified atom stereocenters. The molecule has 0 radical (unpaired) electrons. The van der Waals surface area contributed by atoms with Gasteiger partial charge in [0, 0.05) is 0 Å². The fourth-order valence-electron chi connectivity index (χ4n) is 1.14. The summed E-state index contributed by atoms with van der Waals surface area (Å²) in [5.41, 5.74) is 3.03. The predicted octanol–water partition coefficient (Wildman–Crippen LogP) is 1.53. The van der Waals surface area contributed by atoms with Crippen LogP contribution in [0.3, 0.4) is 0 Å². The van der Waals surface area contributed by atoms with Crippen molar-refractivity contribution in [2.45, 2.75) is 6.92 Å². The van der Waals surface area contributed by atoms with E-state index in [1.54, 1.807) is 19.1 Å². The molecule has 16 heavy (non-hydrogen) atoms. The molecule has 0 amide bonds. The first-order valence-corrected chi connectivity index (χ1v) is 4.53. The van der Waals surface area contributed by atoms with Gasteiger partial charge < -0.3 is 4.84 Å². The molecule has 0 atom stereocenters. The van der Waals surface area contributed by atoms with Crippen molar-refractivity contribution in [2.75, 3.05) is 5.43 Å². The molecule has 1 aliphatic heterocycles. The number of oxime groups is 1. The lowest BCUT2D eigenvalue weighted by molar-refractivity contribution is -0.134. The summed E-state index contributed by atoms with van der Waals surface area (Å²) in [5.74, 6) is -1.10. The number of carbonyl (C=O) groups excluding carboxylic acids is 1. The Morgan fingerprint density at radius 3 is 2.81 bits per heavy atom. The number of rotatable bonds is 2. The zero-order chi connectivity index (χ0) is 11.5. The van der Waals surface area contributed by atoms with Crippen LogP contribution in [0.1, 0.15) is 6.92 Å². The number of para-hydroxylation sites is 1. The number of anilines is 1. The van der Waals surface area contributed by atoms with Crippen LogP contribution in [0.2, 0.25) is 0 Å². The first-order valence-electron chi connectivity index (χ1n) is 4.53. The van der Waals surface area contributed by atoms with Gasteiger partial charge in [0.25, 0.3) is 0 Å². The van der Waals surface area contributed by atoms with Gasteiger partial charge in [-0.3, -0.25) is 5.43 Å². The van der Waals surface area contributed by atoms with Crippen molar-refractivity contribution in [3.8, 4) is 0 Å². The summed E-state index contributed by atoms with van der Waals surface area (Å²) in [4.78, 5) is 15.5. The van der Waals surface area contributed by atoms with Crippen LogP contribution in [-0.2, 0) is 9.63 Å². The van der Waals surface area contributed by atoms with E-state index in [4.69, 9.17) is 0 Å². The third-order valence-corrected chi connectivity index (χ3v) is 1.96. The van der Waals surface area contributed by atoms with Crippen LogP contribution in [-0.4, -0.2) is 17.4 Å². The van der Waals surface area contributed by atoms with Crippen molar-refractivity contribution in [1.82, 2.24) is 0 Å². The molecule has 2 rings (SSSR count). The highest BCUT2D eigenvalue weighted by atomic mass is 19.1. The van der Waals surface area contributed by atoms with Gasteiger partial charge in [0.2, 0.25) is 0 Å². The lowest BCUT2D eigenvalue weighted by Gasteiger charge is -2.01. The van der Waals surface area contributed by atoms with E-state index in [0.717, 1.165) is 0 Å². The van der Waals surface area contributed by atoms with Gasteiger partial charge in [-0.15, -0.1) is 0 Å². The van der Waals surface area contributed by atoms with Gasteiger partial charge >= 0.3 is 5.97 Å². The second-order valence-corrected chi connectivity index (χ2v) is 3.11. The Hall–Kier alpha value is -2.24. The van der Waals surface area contributed by atoms with Crippen molar-refractivity contribution in [2.24, 2.45) is 10.3 Å². The van der Waals surface area contributed by atoms with Gasteiger partial charge in [-0.25, -0.2) is 9.18 Å². The molecule has 1 heterocycles. The molecule has 1 aliphatic rings. The van der Waals surface area contributed by atoms with Crippen LogP contribution >= 0.6 is 0 Å². The number of benzene rings is 1. The van der Waals surface area contributed by atoms with Crippen LogP contribution in [0.4, 0.5) is 10.1 Å². The van der Waals surface area contributed by atoms with Crippen LogP contribution in [0.25, 0.3) is 0 Å². The monoisotopic (exact) mass is 221 g/mol. The summed E-state index contributed by atoms with van der Waals surface area (Å²) in [7, 11) is 0. The van der Waals surface area contributed by atoms with Crippen molar-refractivity contribution in [3.05, 3.63) is 30.1 Å². The topological polar surface area (TPSA) is 63.0 Å². The van der Waals surface area contributed by atoms with Crippen LogP contribution in [0.5, 0.6) is 0 Å². The fraction of sp³-hybridized carbons (Fsp3) is 0.100. The van der Waals surface area contributed by atoms with E-state index in [0.29, 0.717) is 5.71 Å². The lowest BCUT2D eigenvalue weighted by atomic mass is 10.3. The molecule has 0 saturated heterocycles. The molecule has 1 aromatic rings. The number of hydrazone groups is 1. The highest BCUT2D eigenvalue weighted by Gasteiger charge is 2.24.